The van der Waals surface area contributed by atoms with Gasteiger partial charge in [-0.3, -0.25) is 14.5 Å². The van der Waals surface area contributed by atoms with E-state index in [1.165, 1.54) is 6.92 Å². The molecule has 0 aliphatic carbocycles. The van der Waals surface area contributed by atoms with E-state index >= 15 is 0 Å². The number of terminal acetylenes is 2. The molecule has 0 spiro atoms. The molecule has 3 amide bonds. The molecule has 0 aromatic heterocycles. The highest BCUT2D eigenvalue weighted by molar-refractivity contribution is 5.93. The first-order valence-electron chi connectivity index (χ1n) is 10.7. The maximum absolute atomic E-state index is 13.1. The van der Waals surface area contributed by atoms with Gasteiger partial charge in [0.1, 0.15) is 17.7 Å². The van der Waals surface area contributed by atoms with Crippen molar-refractivity contribution in [2.45, 2.75) is 71.6 Å². The molecule has 0 bridgehead atoms. The Morgan fingerprint density at radius 2 is 1.75 bits per heavy atom. The van der Waals surface area contributed by atoms with Gasteiger partial charge in [0, 0.05) is 18.2 Å². The van der Waals surface area contributed by atoms with Crippen molar-refractivity contribution in [2.24, 2.45) is 0 Å². The molecule has 0 aliphatic heterocycles. The molecule has 1 aromatic rings. The second kappa shape index (κ2) is 12.4. The normalized spacial score (nSPS) is 12.5. The van der Waals surface area contributed by atoms with Gasteiger partial charge in [-0.25, -0.2) is 4.79 Å². The number of hydrogen-bond donors (Lipinski definition) is 2. The van der Waals surface area contributed by atoms with Gasteiger partial charge >= 0.3 is 6.09 Å². The Labute approximate surface area is 191 Å². The van der Waals surface area contributed by atoms with E-state index in [0.717, 1.165) is 24.2 Å². The van der Waals surface area contributed by atoms with Gasteiger partial charge in [-0.2, -0.15) is 0 Å². The molecule has 32 heavy (non-hydrogen) atoms. The molecular formula is C25H33N3O4. The number of nitrogens with one attached hydrogen (secondary N) is 2. The van der Waals surface area contributed by atoms with E-state index in [2.05, 4.69) is 29.5 Å². The number of nitrogens with zero attached hydrogens (tertiary/aromatic N) is 1. The molecule has 2 N–H and O–H groups in total. The zero-order valence-corrected chi connectivity index (χ0v) is 19.5. The van der Waals surface area contributed by atoms with Gasteiger partial charge in [0.25, 0.3) is 5.91 Å². The van der Waals surface area contributed by atoms with E-state index in [4.69, 9.17) is 17.6 Å². The molecule has 0 saturated heterocycles. The zero-order chi connectivity index (χ0) is 24.3. The van der Waals surface area contributed by atoms with Crippen LogP contribution in [0.1, 0.15) is 71.0 Å². The molecule has 0 fully saturated rings. The number of carbonyl (C=O) groups is 3. The van der Waals surface area contributed by atoms with Crippen LogP contribution in [0.4, 0.5) is 4.79 Å². The van der Waals surface area contributed by atoms with Crippen LogP contribution < -0.4 is 10.6 Å². The Balaban J connectivity index is 3.13. The first-order chi connectivity index (χ1) is 15.0. The summed E-state index contributed by atoms with van der Waals surface area (Å²) in [4.78, 5) is 39.2. The maximum atomic E-state index is 13.1. The predicted molar refractivity (Wildman–Crippen MR) is 124 cm³/mol. The Hall–Kier alpha value is -3.45. The standard InChI is InChI=1S/C25H33N3O4/c1-8-11-12-17-26-22(29)21(20-15-13-19(9-2)14-16-20)28(10-3)23(30)18(4)27-24(31)32-25(5,6)7/h2-3,13-16,18,21H,8,11-12,17H2,1,4-7H3,(H,26,29)(H,27,31). The lowest BCUT2D eigenvalue weighted by atomic mass is 10.0. The van der Waals surface area contributed by atoms with Gasteiger partial charge in [-0.1, -0.05) is 44.2 Å². The van der Waals surface area contributed by atoms with Crippen molar-refractivity contribution in [1.82, 2.24) is 15.5 Å². The largest absolute Gasteiger partial charge is 0.444 e. The van der Waals surface area contributed by atoms with Crippen LogP contribution in [0.15, 0.2) is 24.3 Å². The summed E-state index contributed by atoms with van der Waals surface area (Å²) in [6.07, 6.45) is 13.1. The SMILES string of the molecule is C#Cc1ccc(C(C(=O)NCCCCC)N(C#C)C(=O)C(C)NC(=O)OC(C)(C)C)cc1. The molecule has 0 radical (unpaired) electrons. The topological polar surface area (TPSA) is 87.7 Å². The summed E-state index contributed by atoms with van der Waals surface area (Å²) in [6, 6.07) is 6.89. The molecule has 1 aromatic carbocycles. The van der Waals surface area contributed by atoms with Gasteiger partial charge < -0.3 is 15.4 Å². The quantitative estimate of drug-likeness (QED) is 0.351. The Morgan fingerprint density at radius 3 is 2.25 bits per heavy atom. The van der Waals surface area contributed by atoms with Crippen molar-refractivity contribution in [3.05, 3.63) is 35.4 Å². The summed E-state index contributed by atoms with van der Waals surface area (Å²) >= 11 is 0. The van der Waals surface area contributed by atoms with Crippen LogP contribution >= 0.6 is 0 Å². The molecule has 2 atom stereocenters. The van der Waals surface area contributed by atoms with Crippen LogP contribution in [0.25, 0.3) is 0 Å². The van der Waals surface area contributed by atoms with Crippen LogP contribution in [0.3, 0.4) is 0 Å². The predicted octanol–water partition coefficient (Wildman–Crippen LogP) is 3.35. The average Bonchev–Trinajstić information content (AvgIpc) is 2.73. The van der Waals surface area contributed by atoms with E-state index in [1.54, 1.807) is 45.0 Å². The van der Waals surface area contributed by atoms with E-state index in [9.17, 15) is 14.4 Å². The highest BCUT2D eigenvalue weighted by atomic mass is 16.6. The number of amides is 3. The highest BCUT2D eigenvalue weighted by Gasteiger charge is 2.34. The third kappa shape index (κ3) is 8.35. The molecule has 7 heteroatoms. The highest BCUT2D eigenvalue weighted by Crippen LogP contribution is 2.22. The van der Waals surface area contributed by atoms with Crippen molar-refractivity contribution in [3.63, 3.8) is 0 Å². The molecule has 0 saturated carbocycles. The first-order valence-corrected chi connectivity index (χ1v) is 10.7. The maximum Gasteiger partial charge on any atom is 0.408 e. The van der Waals surface area contributed by atoms with Gasteiger partial charge in [-0.05, 0) is 51.8 Å². The van der Waals surface area contributed by atoms with Crippen molar-refractivity contribution in [3.8, 4) is 24.8 Å². The summed E-state index contributed by atoms with van der Waals surface area (Å²) in [5.74, 6) is 1.48. The van der Waals surface area contributed by atoms with Crippen LogP contribution in [-0.2, 0) is 14.3 Å². The summed E-state index contributed by atoms with van der Waals surface area (Å²) in [5, 5.41) is 5.31. The van der Waals surface area contributed by atoms with Crippen molar-refractivity contribution < 1.29 is 19.1 Å². The fraction of sp³-hybridized carbons (Fsp3) is 0.480. The lowest BCUT2D eigenvalue weighted by Crippen LogP contribution is -2.50. The number of unbranched alkanes of at least 4 members (excludes halogenated alkanes) is 2. The molecule has 1 rings (SSSR count). The van der Waals surface area contributed by atoms with E-state index in [0.29, 0.717) is 17.7 Å². The minimum atomic E-state index is -1.08. The molecular weight excluding hydrogens is 406 g/mol. The second-order valence-corrected chi connectivity index (χ2v) is 8.37. The van der Waals surface area contributed by atoms with E-state index < -0.39 is 35.6 Å². The number of benzene rings is 1. The number of ether oxygens (including phenoxy) is 1. The molecule has 0 heterocycles. The Kier molecular flexibility index (Phi) is 10.3. The smallest absolute Gasteiger partial charge is 0.408 e. The van der Waals surface area contributed by atoms with E-state index in [1.807, 2.05) is 0 Å². The number of hydrogen-bond acceptors (Lipinski definition) is 4. The zero-order valence-electron chi connectivity index (χ0n) is 19.5. The number of carbonyl (C=O) groups excluding carboxylic acids is 3. The van der Waals surface area contributed by atoms with E-state index in [-0.39, 0.29) is 0 Å². The molecule has 7 nitrogen and oxygen atoms in total. The summed E-state index contributed by atoms with van der Waals surface area (Å²) < 4.78 is 5.20. The summed E-state index contributed by atoms with van der Waals surface area (Å²) in [5.41, 5.74) is 0.417. The van der Waals surface area contributed by atoms with Crippen molar-refractivity contribution in [2.75, 3.05) is 6.54 Å². The fourth-order valence-electron chi connectivity index (χ4n) is 2.88. The Bertz CT molecular complexity index is 872. The number of alkyl carbamates (subject to hydrolysis) is 1. The molecule has 172 valence electrons. The van der Waals surface area contributed by atoms with Crippen molar-refractivity contribution >= 4 is 17.9 Å². The van der Waals surface area contributed by atoms with Crippen LogP contribution in [0.2, 0.25) is 0 Å². The fourth-order valence-corrected chi connectivity index (χ4v) is 2.88. The van der Waals surface area contributed by atoms with Gasteiger partial charge in [0.15, 0.2) is 0 Å². The van der Waals surface area contributed by atoms with Gasteiger partial charge in [0.05, 0.1) is 0 Å². The summed E-state index contributed by atoms with van der Waals surface area (Å²) in [6.45, 7) is 9.15. The third-order valence-electron chi connectivity index (χ3n) is 4.46. The molecule has 2 unspecified atom stereocenters. The Morgan fingerprint density at radius 1 is 1.12 bits per heavy atom. The van der Waals surface area contributed by atoms with Crippen LogP contribution in [-0.4, -0.2) is 41.0 Å². The first kappa shape index (κ1) is 26.6. The summed E-state index contributed by atoms with van der Waals surface area (Å²) in [7, 11) is 0. The van der Waals surface area contributed by atoms with Gasteiger partial charge in [0.2, 0.25) is 5.91 Å². The average molecular weight is 440 g/mol. The third-order valence-corrected chi connectivity index (χ3v) is 4.46. The lowest BCUT2D eigenvalue weighted by molar-refractivity contribution is -0.138. The second-order valence-electron chi connectivity index (χ2n) is 8.37. The monoisotopic (exact) mass is 439 g/mol. The van der Waals surface area contributed by atoms with Crippen molar-refractivity contribution in [1.29, 1.82) is 0 Å². The van der Waals surface area contributed by atoms with Crippen LogP contribution in [0, 0.1) is 24.8 Å². The lowest BCUT2D eigenvalue weighted by Gasteiger charge is -2.29. The van der Waals surface area contributed by atoms with Gasteiger partial charge in [-0.15, -0.1) is 6.42 Å². The molecule has 0 aliphatic rings. The minimum absolute atomic E-state index is 0.412. The van der Waals surface area contributed by atoms with Crippen LogP contribution in [0.5, 0.6) is 0 Å². The minimum Gasteiger partial charge on any atom is -0.444 e. The number of rotatable bonds is 9.